The molecule has 2 heterocycles. The van der Waals surface area contributed by atoms with Crippen molar-refractivity contribution in [2.45, 2.75) is 19.9 Å². The van der Waals surface area contributed by atoms with Gasteiger partial charge in [0.2, 0.25) is 0 Å². The van der Waals surface area contributed by atoms with E-state index in [0.717, 1.165) is 16.7 Å². The molecule has 0 saturated heterocycles. The summed E-state index contributed by atoms with van der Waals surface area (Å²) in [6.45, 7) is 2.48. The molecule has 0 radical (unpaired) electrons. The minimum absolute atomic E-state index is 0.0879. The molecule has 34 heavy (non-hydrogen) atoms. The van der Waals surface area contributed by atoms with Crippen LogP contribution in [0.25, 0.3) is 22.6 Å². The van der Waals surface area contributed by atoms with Gasteiger partial charge in [0.15, 0.2) is 0 Å². The van der Waals surface area contributed by atoms with Crippen LogP contribution in [0.15, 0.2) is 71.5 Å². The molecule has 5 rings (SSSR count). The second-order valence-electron chi connectivity index (χ2n) is 8.29. The maximum absolute atomic E-state index is 12.9. The largest absolute Gasteiger partial charge is 0.478 e. The molecule has 0 saturated carbocycles. The molecule has 0 spiro atoms. The van der Waals surface area contributed by atoms with E-state index in [-0.39, 0.29) is 17.0 Å². The summed E-state index contributed by atoms with van der Waals surface area (Å²) in [5, 5.41) is 12.6. The summed E-state index contributed by atoms with van der Waals surface area (Å²) in [4.78, 5) is 41.4. The van der Waals surface area contributed by atoms with Crippen molar-refractivity contribution in [1.82, 2.24) is 9.55 Å². The first-order chi connectivity index (χ1) is 16.4. The summed E-state index contributed by atoms with van der Waals surface area (Å²) in [5.41, 5.74) is 4.33. The third-order valence-corrected chi connectivity index (χ3v) is 5.89. The number of carbonyl (C=O) groups is 2. The van der Waals surface area contributed by atoms with Gasteiger partial charge in [0.1, 0.15) is 5.82 Å². The number of anilines is 1. The normalized spacial score (nSPS) is 13.7. The van der Waals surface area contributed by atoms with Crippen LogP contribution in [0.4, 0.5) is 5.69 Å². The predicted molar refractivity (Wildman–Crippen MR) is 131 cm³/mol. The molecule has 1 amide bonds. The minimum atomic E-state index is -1.07. The Morgan fingerprint density at radius 1 is 1.03 bits per heavy atom. The Kier molecular flexibility index (Phi) is 5.30. The first-order valence-electron chi connectivity index (χ1n) is 10.9. The first-order valence-corrected chi connectivity index (χ1v) is 10.9. The number of hydrogen-bond donors (Lipinski definition) is 2. The molecule has 1 aliphatic heterocycles. The topological polar surface area (TPSA) is 101 Å². The third-order valence-electron chi connectivity index (χ3n) is 5.89. The summed E-state index contributed by atoms with van der Waals surface area (Å²) in [5.74, 6) is -0.719. The van der Waals surface area contributed by atoms with Gasteiger partial charge in [0, 0.05) is 17.8 Å². The molecule has 0 aliphatic carbocycles. The van der Waals surface area contributed by atoms with E-state index in [2.05, 4.69) is 10.3 Å². The molecular weight excluding hydrogens is 430 g/mol. The molecule has 0 atom stereocenters. The summed E-state index contributed by atoms with van der Waals surface area (Å²) in [6.07, 6.45) is 2.57. The molecule has 0 fully saturated rings. The SMILES string of the molecule is Cc1ccc(C(=O)Nc2cccc(/C=C3/CCn4c3nc3cc(C(=O)O)ccc3c4=O)c2)cc1. The Bertz CT molecular complexity index is 1550. The van der Waals surface area contributed by atoms with Crippen molar-refractivity contribution >= 4 is 40.1 Å². The number of aromatic carboxylic acids is 1. The van der Waals surface area contributed by atoms with Crippen LogP contribution in [0.1, 0.15) is 44.1 Å². The van der Waals surface area contributed by atoms with Crippen molar-refractivity contribution in [2.24, 2.45) is 0 Å². The first kappa shape index (κ1) is 21.3. The summed E-state index contributed by atoms with van der Waals surface area (Å²) in [6, 6.07) is 19.2. The predicted octanol–water partition coefficient (Wildman–Crippen LogP) is 4.60. The molecular formula is C27H21N3O4. The number of hydrogen-bond acceptors (Lipinski definition) is 4. The van der Waals surface area contributed by atoms with Crippen molar-refractivity contribution < 1.29 is 14.7 Å². The van der Waals surface area contributed by atoms with Crippen LogP contribution in [0, 0.1) is 6.92 Å². The van der Waals surface area contributed by atoms with Crippen molar-refractivity contribution in [3.8, 4) is 0 Å². The van der Waals surface area contributed by atoms with Crippen molar-refractivity contribution in [3.63, 3.8) is 0 Å². The molecule has 1 aliphatic rings. The molecule has 168 valence electrons. The van der Waals surface area contributed by atoms with Gasteiger partial charge in [-0.2, -0.15) is 0 Å². The van der Waals surface area contributed by atoms with E-state index in [0.29, 0.717) is 40.9 Å². The highest BCUT2D eigenvalue weighted by molar-refractivity contribution is 6.04. The fourth-order valence-electron chi connectivity index (χ4n) is 4.10. The van der Waals surface area contributed by atoms with E-state index >= 15 is 0 Å². The quantitative estimate of drug-likeness (QED) is 0.472. The van der Waals surface area contributed by atoms with Gasteiger partial charge in [0.05, 0.1) is 16.5 Å². The van der Waals surface area contributed by atoms with E-state index in [9.17, 15) is 19.5 Å². The van der Waals surface area contributed by atoms with E-state index in [4.69, 9.17) is 0 Å². The van der Waals surface area contributed by atoms with Crippen molar-refractivity contribution in [3.05, 3.63) is 105 Å². The van der Waals surface area contributed by atoms with Crippen LogP contribution in [0.3, 0.4) is 0 Å². The highest BCUT2D eigenvalue weighted by Gasteiger charge is 2.21. The number of benzene rings is 3. The standard InChI is InChI=1S/C27H21N3O4/c1-16-5-7-18(8-6-16)25(31)28-21-4-2-3-17(14-21)13-19-11-12-30-24(19)29-23-15-20(27(33)34)9-10-22(23)26(30)32/h2-10,13-15H,11-12H2,1H3,(H,28,31)(H,33,34)/b19-13-. The molecule has 4 aromatic rings. The third kappa shape index (κ3) is 3.99. The van der Waals surface area contributed by atoms with Crippen molar-refractivity contribution in [2.75, 3.05) is 5.32 Å². The number of fused-ring (bicyclic) bond motifs is 2. The summed E-state index contributed by atoms with van der Waals surface area (Å²) in [7, 11) is 0. The zero-order valence-corrected chi connectivity index (χ0v) is 18.4. The highest BCUT2D eigenvalue weighted by Crippen LogP contribution is 2.28. The number of aryl methyl sites for hydroxylation is 1. The van der Waals surface area contributed by atoms with Crippen LogP contribution in [-0.4, -0.2) is 26.5 Å². The van der Waals surface area contributed by atoms with Gasteiger partial charge in [0.25, 0.3) is 11.5 Å². The Labute approximate surface area is 195 Å². The number of carboxylic acids is 1. The molecule has 1 aromatic heterocycles. The average Bonchev–Trinajstić information content (AvgIpc) is 3.22. The second-order valence-corrected chi connectivity index (χ2v) is 8.29. The summed E-state index contributed by atoms with van der Waals surface area (Å²) < 4.78 is 1.62. The molecule has 3 aromatic carbocycles. The fourth-order valence-corrected chi connectivity index (χ4v) is 4.10. The van der Waals surface area contributed by atoms with Gasteiger partial charge < -0.3 is 10.4 Å². The van der Waals surface area contributed by atoms with Crippen LogP contribution in [0.2, 0.25) is 0 Å². The molecule has 0 bridgehead atoms. The van der Waals surface area contributed by atoms with Gasteiger partial charge in [-0.25, -0.2) is 9.78 Å². The van der Waals surface area contributed by atoms with Crippen LogP contribution < -0.4 is 10.9 Å². The number of amides is 1. The number of carbonyl (C=O) groups excluding carboxylic acids is 1. The zero-order chi connectivity index (χ0) is 23.8. The Morgan fingerprint density at radius 3 is 2.56 bits per heavy atom. The lowest BCUT2D eigenvalue weighted by atomic mass is 10.1. The van der Waals surface area contributed by atoms with Gasteiger partial charge >= 0.3 is 5.97 Å². The number of rotatable bonds is 4. The second kappa shape index (κ2) is 8.44. The highest BCUT2D eigenvalue weighted by atomic mass is 16.4. The Balaban J connectivity index is 1.47. The van der Waals surface area contributed by atoms with Crippen molar-refractivity contribution in [1.29, 1.82) is 0 Å². The van der Waals surface area contributed by atoms with Gasteiger partial charge in [-0.1, -0.05) is 29.8 Å². The lowest BCUT2D eigenvalue weighted by Crippen LogP contribution is -2.21. The minimum Gasteiger partial charge on any atom is -0.478 e. The number of aromatic nitrogens is 2. The number of allylic oxidation sites excluding steroid dienone is 1. The molecule has 7 nitrogen and oxygen atoms in total. The smallest absolute Gasteiger partial charge is 0.335 e. The van der Waals surface area contributed by atoms with E-state index in [1.807, 2.05) is 49.4 Å². The number of nitrogens with one attached hydrogen (secondary N) is 1. The van der Waals surface area contributed by atoms with Crippen LogP contribution >= 0.6 is 0 Å². The van der Waals surface area contributed by atoms with E-state index in [1.165, 1.54) is 18.2 Å². The molecule has 2 N–H and O–H groups in total. The monoisotopic (exact) mass is 451 g/mol. The van der Waals surface area contributed by atoms with Crippen LogP contribution in [-0.2, 0) is 6.54 Å². The molecule has 0 unspecified atom stereocenters. The summed E-state index contributed by atoms with van der Waals surface area (Å²) >= 11 is 0. The lowest BCUT2D eigenvalue weighted by molar-refractivity contribution is 0.0696. The maximum atomic E-state index is 12.9. The Hall–Kier alpha value is -4.52. The lowest BCUT2D eigenvalue weighted by Gasteiger charge is -2.08. The van der Waals surface area contributed by atoms with Gasteiger partial charge in [-0.3, -0.25) is 14.2 Å². The average molecular weight is 451 g/mol. The fraction of sp³-hybridized carbons (Fsp3) is 0.111. The number of carboxylic acid groups (broad SMARTS) is 1. The van der Waals surface area contributed by atoms with E-state index < -0.39 is 5.97 Å². The molecule has 7 heteroatoms. The van der Waals surface area contributed by atoms with E-state index in [1.54, 1.807) is 16.7 Å². The van der Waals surface area contributed by atoms with Crippen LogP contribution in [0.5, 0.6) is 0 Å². The van der Waals surface area contributed by atoms with Gasteiger partial charge in [-0.05, 0) is 73.0 Å². The zero-order valence-electron chi connectivity index (χ0n) is 18.4. The Morgan fingerprint density at radius 2 is 1.79 bits per heavy atom. The van der Waals surface area contributed by atoms with Gasteiger partial charge in [-0.15, -0.1) is 0 Å². The number of nitrogens with zero attached hydrogens (tertiary/aromatic N) is 2. The maximum Gasteiger partial charge on any atom is 0.335 e.